The van der Waals surface area contributed by atoms with E-state index in [9.17, 15) is 42.1 Å². The van der Waals surface area contributed by atoms with Crippen LogP contribution in [0, 0.1) is 23.7 Å². The topological polar surface area (TPSA) is 422 Å². The molecule has 0 unspecified atom stereocenters. The number of aromatic nitrogens is 13. The first kappa shape index (κ1) is 115. The minimum absolute atomic E-state index is 0. The third-order valence-electron chi connectivity index (χ3n) is 22.5. The summed E-state index contributed by atoms with van der Waals surface area (Å²) >= 11 is 23.2. The Kier molecular flexibility index (Phi) is 39.6. The third-order valence-corrected chi connectivity index (χ3v) is 31.8. The summed E-state index contributed by atoms with van der Waals surface area (Å²) in [6.45, 7) is 33.6. The van der Waals surface area contributed by atoms with Crippen molar-refractivity contribution in [2.45, 2.75) is 148 Å². The third kappa shape index (κ3) is 27.4. The van der Waals surface area contributed by atoms with Gasteiger partial charge in [-0.3, -0.25) is 4.98 Å². The zero-order valence-electron chi connectivity index (χ0n) is 78.2. The van der Waals surface area contributed by atoms with Crippen molar-refractivity contribution in [2.75, 3.05) is 0 Å². The molecule has 142 heavy (non-hydrogen) atoms. The smallest absolute Gasteiger partial charge is 0.512 e. The molecule has 5 aromatic carbocycles. The van der Waals surface area contributed by atoms with Crippen LogP contribution in [0.4, 0.5) is 0 Å². The molecule has 14 heterocycles. The van der Waals surface area contributed by atoms with Gasteiger partial charge in [0.25, 0.3) is 49.1 Å². The van der Waals surface area contributed by atoms with Gasteiger partial charge < -0.3 is 51.6 Å². The van der Waals surface area contributed by atoms with Crippen molar-refractivity contribution >= 4 is 208 Å². The molecule has 3 saturated heterocycles. The Hall–Kier alpha value is -10.9. The van der Waals surface area contributed by atoms with Crippen LogP contribution in [0.15, 0.2) is 338 Å². The Morgan fingerprint density at radius 2 is 0.746 bits per heavy atom. The van der Waals surface area contributed by atoms with Crippen molar-refractivity contribution in [1.82, 2.24) is 60.7 Å². The van der Waals surface area contributed by atoms with E-state index in [4.69, 9.17) is 97.1 Å². The van der Waals surface area contributed by atoms with Crippen LogP contribution in [0.5, 0.6) is 0 Å². The number of benzene rings is 5. The zero-order chi connectivity index (χ0) is 103. The predicted molar refractivity (Wildman–Crippen MR) is 552 cm³/mol. The monoisotopic (exact) mass is 2220 g/mol. The summed E-state index contributed by atoms with van der Waals surface area (Å²) in [5, 5.41) is 16.1. The van der Waals surface area contributed by atoms with E-state index in [2.05, 4.69) is 104 Å². The van der Waals surface area contributed by atoms with Crippen LogP contribution in [-0.2, 0) is 103 Å². The maximum absolute atomic E-state index is 13.2. The van der Waals surface area contributed by atoms with Crippen molar-refractivity contribution < 1.29 is 89.5 Å². The normalized spacial score (nSPS) is 15.1. The first-order valence-corrected chi connectivity index (χ1v) is 52.5. The van der Waals surface area contributed by atoms with Gasteiger partial charge in [0.05, 0.1) is 69.5 Å². The molecule has 20 rings (SSSR count). The number of fused-ring (bicyclic) bond motifs is 5. The van der Waals surface area contributed by atoms with Gasteiger partial charge in [-0.2, -0.15) is 0 Å². The van der Waals surface area contributed by atoms with E-state index in [0.717, 1.165) is 17.2 Å². The Morgan fingerprint density at radius 1 is 0.401 bits per heavy atom. The van der Waals surface area contributed by atoms with E-state index < -0.39 is 81.5 Å². The molecule has 4 aliphatic rings. The summed E-state index contributed by atoms with van der Waals surface area (Å²) in [5.41, 5.74) is 3.34. The van der Waals surface area contributed by atoms with Gasteiger partial charge in [0.1, 0.15) is 5.15 Å². The zero-order valence-corrected chi connectivity index (χ0v) is 90.8. The molecule has 0 atom stereocenters. The predicted octanol–water partition coefficient (Wildman–Crippen LogP) is 18.9. The number of nitrogens with zero attached hydrogens (tertiary/aromatic N) is 16. The average Bonchev–Trinajstić information content (AvgIpc) is 1.58. The molecule has 11 aromatic heterocycles. The molecule has 727 valence electrons. The molecule has 48 heteroatoms. The van der Waals surface area contributed by atoms with Crippen LogP contribution >= 0.6 is 74.2 Å². The first-order valence-electron chi connectivity index (χ1n) is 42.1. The van der Waals surface area contributed by atoms with Crippen LogP contribution < -0.4 is 5.46 Å². The molecule has 0 amide bonds. The maximum Gasteiger partial charge on any atom is 2.00 e. The molecule has 0 bridgehead atoms. The van der Waals surface area contributed by atoms with Crippen LogP contribution in [0.1, 0.15) is 94.3 Å². The van der Waals surface area contributed by atoms with Gasteiger partial charge in [-0.05, 0) is 261 Å². The molecule has 16 aromatic rings. The number of rotatable bonds is 12. The standard InChI is InChI=1S/C19H21BN2O4S.C17H11ClN4O2S.C13H9BrN2O2S.C13H10N2O2S.C12H24B2O4.C8H7N.C6H5ClO2S.C4H2Cl2N2.2CN.BHNS.Zn/c1-18(2)19(3,4)26-20(25-18)16-13-22(17-15(16)11-8-12-21-17)27(23,24)14-9-6-5-7-10-14;18-17-20-10-8-15(21-17)14-11-22(16-13(14)7-4-9-19-16)25(23,24)12-5-2-1-3-6-12;14-12-9-16(13-11(12)7-4-8-15-13)19(17,18)10-5-2-1-3-6-10;16-18(17,12-6-2-1-3-7-12)15-10-8-11-5-4-9-14-13(11)15;1-9(2)10(3,4)16-13(15-9)14-17-11(5,6)12(7,8)18-14;1-3-7-4-2-6-9-8(7)5-1;7-10(8,9)6-4-2-1-3-5-6;5-3-1-2-7-4(6)8-3;2*1-2;1-2-3;/h5-13H,1-4H3;1-11H;1-9H;1-10H;1-8H3;1-4,6H,5H2;1-5H;1-2H;;;3H;/q;;;;;;;;2*-1;;+2. The van der Waals surface area contributed by atoms with Gasteiger partial charge in [-0.25, -0.2) is 97.9 Å². The molecule has 32 nitrogen and oxygen atoms in total. The SMILES string of the molecule is C1=Cc2cccnc2C1.CC1(C)OB(B2OC(C)(C)C(C)(C)O2)OC1(C)C.CC1(C)OB(c2cn(S(=O)(=O)c3ccccc3)c3ncccc23)OC1(C)C.Clc1ccnc(Cl)n1.O=S(=O)(Cl)c1ccccc1.O=S(=O)(c1ccccc1)n1cc(-c2ccnc(Cl)n2)c2cccnc21.O=S(=O)(c1ccccc1)n1cc(Br)c2cccnc21.O=S(=O)(c1ccccc1)n1ccc2cccnc21.[B]=NS.[C-]#N.[C-]#N.[Zn+2]. The average molecular weight is 2220 g/mol. The second-order valence-electron chi connectivity index (χ2n) is 33.1. The Balaban J connectivity index is 0.000000184. The van der Waals surface area contributed by atoms with Crippen molar-refractivity contribution in [2.24, 2.45) is 4.30 Å². The van der Waals surface area contributed by atoms with E-state index in [1.807, 2.05) is 114 Å². The van der Waals surface area contributed by atoms with Crippen LogP contribution in [-0.4, -0.2) is 165 Å². The number of hydrogen-bond acceptors (Lipinski definition) is 29. The molecule has 0 N–H and O–H groups in total. The van der Waals surface area contributed by atoms with Gasteiger partial charge in [0.15, 0.2) is 22.6 Å². The van der Waals surface area contributed by atoms with E-state index in [0.29, 0.717) is 59.7 Å². The molecule has 0 spiro atoms. The van der Waals surface area contributed by atoms with Crippen molar-refractivity contribution in [3.05, 3.63) is 349 Å². The second-order valence-corrected chi connectivity index (χ2v) is 45.1. The van der Waals surface area contributed by atoms with Crippen LogP contribution in [0.2, 0.25) is 15.7 Å². The summed E-state index contributed by atoms with van der Waals surface area (Å²) in [5.74, 6) is 0. The van der Waals surface area contributed by atoms with Crippen molar-refractivity contribution in [1.29, 1.82) is 10.5 Å². The van der Waals surface area contributed by atoms with Crippen LogP contribution in [0.25, 0.3) is 61.5 Å². The van der Waals surface area contributed by atoms with Gasteiger partial charge in [0.2, 0.25) is 10.6 Å². The van der Waals surface area contributed by atoms with E-state index in [1.165, 1.54) is 70.3 Å². The Morgan fingerprint density at radius 3 is 1.15 bits per heavy atom. The number of allylic oxidation sites excluding steroid dienone is 1. The fourth-order valence-corrected chi connectivity index (χ4v) is 20.7. The molecule has 3 fully saturated rings. The fourth-order valence-electron chi connectivity index (χ4n) is 13.4. The largest absolute Gasteiger partial charge is 2.00 e. The van der Waals surface area contributed by atoms with Crippen molar-refractivity contribution in [3.8, 4) is 11.3 Å². The van der Waals surface area contributed by atoms with Gasteiger partial charge in [0, 0.05) is 122 Å². The Labute approximate surface area is 873 Å². The summed E-state index contributed by atoms with van der Waals surface area (Å²) in [4.78, 5) is 37.3. The molecule has 1 radical (unpaired) electrons. The van der Waals surface area contributed by atoms with Crippen molar-refractivity contribution in [3.63, 3.8) is 0 Å². The molecule has 0 saturated carbocycles. The first-order chi connectivity index (χ1) is 66.7. The van der Waals surface area contributed by atoms with E-state index in [1.54, 1.807) is 219 Å². The minimum atomic E-state index is -3.79. The number of hydrogen-bond donors (Lipinski definition) is 1. The molecular weight excluding hydrogens is 2130 g/mol. The fraction of sp³-hybridized carbons (Fsp3) is 0.202. The van der Waals surface area contributed by atoms with E-state index in [-0.39, 0.29) is 76.9 Å². The Bertz CT molecular complexity index is 7640. The van der Waals surface area contributed by atoms with Gasteiger partial charge >= 0.3 is 65.4 Å². The minimum Gasteiger partial charge on any atom is -0.512 e. The van der Waals surface area contributed by atoms with Crippen LogP contribution in [0.3, 0.4) is 0 Å². The molecular formula is C94H90B4BrCl4N16O16S6Zn. The number of pyridine rings is 5. The summed E-state index contributed by atoms with van der Waals surface area (Å²) in [6.07, 6.45) is 22.5. The summed E-state index contributed by atoms with van der Waals surface area (Å²) in [6, 6.07) is 64.4. The van der Waals surface area contributed by atoms with Gasteiger partial charge in [-0.1, -0.05) is 121 Å². The van der Waals surface area contributed by atoms with Gasteiger partial charge in [-0.15, -0.1) is 0 Å². The molecule has 3 aliphatic heterocycles. The van der Waals surface area contributed by atoms with E-state index >= 15 is 0 Å². The maximum atomic E-state index is 13.2. The quantitative estimate of drug-likeness (QED) is 0.0296. The molecule has 1 aliphatic carbocycles. The number of thiol groups is 1. The summed E-state index contributed by atoms with van der Waals surface area (Å²) < 4.78 is 168. The summed E-state index contributed by atoms with van der Waals surface area (Å²) in [7, 11) is -10.5. The second kappa shape index (κ2) is 49.1. The number of halogens is 5.